The number of hydrogen-bond acceptors (Lipinski definition) is 4. The van der Waals surface area contributed by atoms with Crippen molar-refractivity contribution in [2.24, 2.45) is 0 Å². The van der Waals surface area contributed by atoms with Crippen LogP contribution in [0.4, 0.5) is 4.39 Å². The number of halogens is 1. The molecule has 0 fully saturated rings. The molecule has 0 aliphatic carbocycles. The summed E-state index contributed by atoms with van der Waals surface area (Å²) >= 11 is 0. The Morgan fingerprint density at radius 2 is 1.75 bits per heavy atom. The number of hydrazine groups is 1. The van der Waals surface area contributed by atoms with Crippen molar-refractivity contribution in [2.45, 2.75) is 0 Å². The number of hydrogen-bond donors (Lipinski definition) is 2. The number of nitrogens with one attached hydrogen (secondary N) is 2. The van der Waals surface area contributed by atoms with Gasteiger partial charge in [0.25, 0.3) is 11.8 Å². The van der Waals surface area contributed by atoms with Gasteiger partial charge in [-0.15, -0.1) is 0 Å². The summed E-state index contributed by atoms with van der Waals surface area (Å²) in [6.45, 7) is 0.116. The van der Waals surface area contributed by atoms with E-state index in [4.69, 9.17) is 9.47 Å². The normalized spacial score (nSPS) is 12.2. The van der Waals surface area contributed by atoms with Crippen LogP contribution in [-0.2, 0) is 4.79 Å². The Kier molecular flexibility index (Phi) is 4.42. The molecule has 7 heteroatoms. The minimum atomic E-state index is -0.520. The van der Waals surface area contributed by atoms with Crippen LogP contribution >= 0.6 is 0 Å². The van der Waals surface area contributed by atoms with Gasteiger partial charge in [0.05, 0.1) is 0 Å². The molecule has 0 saturated heterocycles. The van der Waals surface area contributed by atoms with Crippen molar-refractivity contribution >= 4 is 17.9 Å². The molecule has 0 saturated carbocycles. The van der Waals surface area contributed by atoms with Crippen LogP contribution in [0.15, 0.2) is 48.5 Å². The van der Waals surface area contributed by atoms with Crippen LogP contribution in [0.2, 0.25) is 0 Å². The van der Waals surface area contributed by atoms with Crippen LogP contribution in [0.5, 0.6) is 11.5 Å². The molecule has 0 bridgehead atoms. The van der Waals surface area contributed by atoms with Gasteiger partial charge in [-0.1, -0.05) is 12.1 Å². The van der Waals surface area contributed by atoms with E-state index < -0.39 is 11.8 Å². The van der Waals surface area contributed by atoms with Crippen molar-refractivity contribution in [3.05, 3.63) is 65.5 Å². The van der Waals surface area contributed by atoms with E-state index in [-0.39, 0.29) is 12.6 Å². The van der Waals surface area contributed by atoms with Crippen molar-refractivity contribution in [1.82, 2.24) is 10.9 Å². The molecule has 0 aromatic heterocycles. The summed E-state index contributed by atoms with van der Waals surface area (Å²) in [5.74, 6) is -0.319. The van der Waals surface area contributed by atoms with Gasteiger partial charge in [0.2, 0.25) is 6.79 Å². The van der Waals surface area contributed by atoms with Crippen LogP contribution in [0.3, 0.4) is 0 Å². The Balaban J connectivity index is 1.54. The molecule has 0 unspecified atom stereocenters. The molecule has 122 valence electrons. The number of amides is 2. The van der Waals surface area contributed by atoms with E-state index >= 15 is 0 Å². The van der Waals surface area contributed by atoms with Gasteiger partial charge >= 0.3 is 0 Å². The second-order valence-electron chi connectivity index (χ2n) is 4.90. The zero-order valence-corrected chi connectivity index (χ0v) is 12.4. The van der Waals surface area contributed by atoms with Gasteiger partial charge in [-0.25, -0.2) is 4.39 Å². The van der Waals surface area contributed by atoms with E-state index in [0.29, 0.717) is 22.6 Å². The monoisotopic (exact) mass is 328 g/mol. The fraction of sp³-hybridized carbons (Fsp3) is 0.0588. The lowest BCUT2D eigenvalue weighted by Gasteiger charge is -2.06. The lowest BCUT2D eigenvalue weighted by Crippen LogP contribution is -2.40. The highest BCUT2D eigenvalue weighted by Gasteiger charge is 2.16. The zero-order chi connectivity index (χ0) is 16.9. The van der Waals surface area contributed by atoms with Gasteiger partial charge in [0, 0.05) is 11.6 Å². The molecular formula is C17H13FN2O4. The SMILES string of the molecule is O=C(/C=C/c1ccc(F)cc1)NNC(=O)c1ccc2c(c1)OCO2. The number of carbonyl (C=O) groups excluding carboxylic acids is 2. The lowest BCUT2D eigenvalue weighted by atomic mass is 10.2. The number of fused-ring (bicyclic) bond motifs is 1. The van der Waals surface area contributed by atoms with Gasteiger partial charge in [0.15, 0.2) is 11.5 Å². The van der Waals surface area contributed by atoms with E-state index in [1.165, 1.54) is 42.5 Å². The number of carbonyl (C=O) groups is 2. The molecule has 0 radical (unpaired) electrons. The van der Waals surface area contributed by atoms with Crippen LogP contribution in [0.25, 0.3) is 6.08 Å². The number of ether oxygens (including phenoxy) is 2. The Labute approximate surface area is 136 Å². The number of benzene rings is 2. The molecule has 0 spiro atoms. The molecule has 6 nitrogen and oxygen atoms in total. The molecular weight excluding hydrogens is 315 g/mol. The highest BCUT2D eigenvalue weighted by atomic mass is 19.1. The third-order valence-corrected chi connectivity index (χ3v) is 3.23. The third kappa shape index (κ3) is 3.70. The topological polar surface area (TPSA) is 76.7 Å². The van der Waals surface area contributed by atoms with Crippen molar-refractivity contribution in [2.75, 3.05) is 6.79 Å². The largest absolute Gasteiger partial charge is 0.454 e. The average molecular weight is 328 g/mol. The van der Waals surface area contributed by atoms with E-state index in [9.17, 15) is 14.0 Å². The highest BCUT2D eigenvalue weighted by Crippen LogP contribution is 2.32. The Morgan fingerprint density at radius 1 is 1.00 bits per heavy atom. The predicted molar refractivity (Wildman–Crippen MR) is 83.6 cm³/mol. The lowest BCUT2D eigenvalue weighted by molar-refractivity contribution is -0.117. The summed E-state index contributed by atoms with van der Waals surface area (Å²) in [5, 5.41) is 0. The summed E-state index contributed by atoms with van der Waals surface area (Å²) in [5.41, 5.74) is 5.53. The van der Waals surface area contributed by atoms with E-state index in [1.807, 2.05) is 0 Å². The summed E-state index contributed by atoms with van der Waals surface area (Å²) < 4.78 is 23.1. The molecule has 2 aromatic rings. The average Bonchev–Trinajstić information content (AvgIpc) is 3.06. The molecule has 1 heterocycles. The van der Waals surface area contributed by atoms with Crippen LogP contribution in [-0.4, -0.2) is 18.6 Å². The minimum Gasteiger partial charge on any atom is -0.454 e. The fourth-order valence-electron chi connectivity index (χ4n) is 2.02. The van der Waals surface area contributed by atoms with E-state index in [2.05, 4.69) is 10.9 Å². The van der Waals surface area contributed by atoms with Crippen molar-refractivity contribution in [3.63, 3.8) is 0 Å². The van der Waals surface area contributed by atoms with Crippen molar-refractivity contribution in [3.8, 4) is 11.5 Å². The molecule has 2 N–H and O–H groups in total. The summed E-state index contributed by atoms with van der Waals surface area (Å²) in [7, 11) is 0. The molecule has 0 atom stereocenters. The maximum absolute atomic E-state index is 12.8. The predicted octanol–water partition coefficient (Wildman–Crippen LogP) is 2.03. The smallest absolute Gasteiger partial charge is 0.269 e. The first-order chi connectivity index (χ1) is 11.6. The summed E-state index contributed by atoms with van der Waals surface area (Å²) in [6, 6.07) is 10.3. The maximum atomic E-state index is 12.8. The molecule has 2 amide bonds. The maximum Gasteiger partial charge on any atom is 0.269 e. The summed E-state index contributed by atoms with van der Waals surface area (Å²) in [4.78, 5) is 23.6. The van der Waals surface area contributed by atoms with Gasteiger partial charge in [-0.3, -0.25) is 20.4 Å². The third-order valence-electron chi connectivity index (χ3n) is 3.23. The second kappa shape index (κ2) is 6.82. The number of rotatable bonds is 3. The fourth-order valence-corrected chi connectivity index (χ4v) is 2.02. The minimum absolute atomic E-state index is 0.116. The first-order valence-electron chi connectivity index (χ1n) is 7.05. The second-order valence-corrected chi connectivity index (χ2v) is 4.90. The quantitative estimate of drug-likeness (QED) is 0.668. The zero-order valence-electron chi connectivity index (χ0n) is 12.4. The van der Waals surface area contributed by atoms with Gasteiger partial charge in [0.1, 0.15) is 5.82 Å². The van der Waals surface area contributed by atoms with Crippen LogP contribution in [0.1, 0.15) is 15.9 Å². The van der Waals surface area contributed by atoms with E-state index in [1.54, 1.807) is 12.1 Å². The first-order valence-corrected chi connectivity index (χ1v) is 7.05. The highest BCUT2D eigenvalue weighted by molar-refractivity contribution is 5.98. The molecule has 1 aliphatic heterocycles. The van der Waals surface area contributed by atoms with Crippen LogP contribution in [0, 0.1) is 5.82 Å². The van der Waals surface area contributed by atoms with Gasteiger partial charge < -0.3 is 9.47 Å². The van der Waals surface area contributed by atoms with Crippen molar-refractivity contribution in [1.29, 1.82) is 0 Å². The Hall–Kier alpha value is -3.35. The standard InChI is InChI=1S/C17H13FN2O4/c18-13-5-1-11(2-6-13)3-8-16(21)19-20-17(22)12-4-7-14-15(9-12)24-10-23-14/h1-9H,10H2,(H,19,21)(H,20,22)/b8-3+. The molecule has 1 aliphatic rings. The van der Waals surface area contributed by atoms with Crippen LogP contribution < -0.4 is 20.3 Å². The Morgan fingerprint density at radius 3 is 2.54 bits per heavy atom. The van der Waals surface area contributed by atoms with Gasteiger partial charge in [-0.05, 0) is 42.0 Å². The Bertz CT molecular complexity index is 803. The van der Waals surface area contributed by atoms with E-state index in [0.717, 1.165) is 0 Å². The van der Waals surface area contributed by atoms with Gasteiger partial charge in [-0.2, -0.15) is 0 Å². The molecule has 3 rings (SSSR count). The molecule has 24 heavy (non-hydrogen) atoms. The van der Waals surface area contributed by atoms with Crippen molar-refractivity contribution < 1.29 is 23.5 Å². The molecule has 2 aromatic carbocycles. The first kappa shape index (κ1) is 15.5. The summed E-state index contributed by atoms with van der Waals surface area (Å²) in [6.07, 6.45) is 2.73.